The molecule has 0 radical (unpaired) electrons. The first kappa shape index (κ1) is 21.4. The van der Waals surface area contributed by atoms with E-state index in [9.17, 15) is 20.4 Å². The van der Waals surface area contributed by atoms with E-state index in [1.54, 1.807) is 54.6 Å². The van der Waals surface area contributed by atoms with E-state index < -0.39 is 10.8 Å². The predicted octanol–water partition coefficient (Wildman–Crippen LogP) is 5.17. The molecule has 0 bridgehead atoms. The van der Waals surface area contributed by atoms with Crippen LogP contribution in [0.25, 0.3) is 0 Å². The smallest absolute Gasteiger partial charge is 0.203 e. The van der Waals surface area contributed by atoms with Gasteiger partial charge in [0.15, 0.2) is 11.5 Å². The topological polar surface area (TPSA) is 90.2 Å². The zero-order chi connectivity index (χ0) is 22.3. The molecule has 3 rings (SSSR count). The van der Waals surface area contributed by atoms with E-state index in [0.717, 1.165) is 11.1 Å². The average Bonchev–Trinajstić information content (AvgIpc) is 2.68. The summed E-state index contributed by atoms with van der Waals surface area (Å²) in [5.41, 5.74) is 1.67. The molecule has 0 atom stereocenters. The van der Waals surface area contributed by atoms with Crippen LogP contribution in [0, 0.1) is 0 Å². The Hall–Kier alpha value is -3.34. The summed E-state index contributed by atoms with van der Waals surface area (Å²) >= 11 is 0. The lowest BCUT2D eigenvalue weighted by Crippen LogP contribution is -2.23. The number of phenolic OH excluding ortho intramolecular Hbond substituents is 4. The first-order valence-electron chi connectivity index (χ1n) is 9.73. The lowest BCUT2D eigenvalue weighted by atomic mass is 9.72. The fourth-order valence-electron chi connectivity index (χ4n) is 3.85. The summed E-state index contributed by atoms with van der Waals surface area (Å²) in [6, 6.07) is 15.4. The molecular formula is C25H28O5. The molecule has 0 heterocycles. The van der Waals surface area contributed by atoms with Gasteiger partial charge in [0.2, 0.25) is 5.75 Å². The molecule has 158 valence electrons. The monoisotopic (exact) mass is 408 g/mol. The molecular weight excluding hydrogens is 380 g/mol. The average molecular weight is 408 g/mol. The van der Waals surface area contributed by atoms with Crippen molar-refractivity contribution in [1.29, 1.82) is 0 Å². The van der Waals surface area contributed by atoms with Gasteiger partial charge in [-0.2, -0.15) is 0 Å². The van der Waals surface area contributed by atoms with Crippen LogP contribution in [0.15, 0.2) is 54.6 Å². The molecule has 5 heteroatoms. The van der Waals surface area contributed by atoms with Gasteiger partial charge < -0.3 is 25.2 Å². The maximum Gasteiger partial charge on any atom is 0.203 e. The van der Waals surface area contributed by atoms with E-state index in [2.05, 4.69) is 0 Å². The van der Waals surface area contributed by atoms with Crippen molar-refractivity contribution in [3.05, 3.63) is 76.9 Å². The molecule has 3 aromatic carbocycles. The summed E-state index contributed by atoms with van der Waals surface area (Å²) in [7, 11) is 1.41. The van der Waals surface area contributed by atoms with E-state index in [4.69, 9.17) is 4.74 Å². The molecule has 0 fully saturated rings. The van der Waals surface area contributed by atoms with Crippen LogP contribution in [0.4, 0.5) is 0 Å². The highest BCUT2D eigenvalue weighted by atomic mass is 16.5. The Morgan fingerprint density at radius 2 is 0.933 bits per heavy atom. The highest BCUT2D eigenvalue weighted by Crippen LogP contribution is 2.51. The molecule has 0 amide bonds. The summed E-state index contributed by atoms with van der Waals surface area (Å²) in [6.45, 7) is 7.84. The van der Waals surface area contributed by atoms with E-state index in [1.165, 1.54) is 7.11 Å². The van der Waals surface area contributed by atoms with Crippen LogP contribution in [0.5, 0.6) is 28.7 Å². The summed E-state index contributed by atoms with van der Waals surface area (Å²) in [6.07, 6.45) is 0. The van der Waals surface area contributed by atoms with Crippen LogP contribution in [-0.4, -0.2) is 27.5 Å². The second kappa shape index (κ2) is 7.48. The third kappa shape index (κ3) is 3.52. The SMILES string of the molecule is COc1c(O)c(C(C)(C)c2ccc(O)cc2)cc(C(C)(C)c2ccc(O)cc2)c1O. The second-order valence-corrected chi connectivity index (χ2v) is 8.55. The Morgan fingerprint density at radius 1 is 0.600 bits per heavy atom. The minimum absolute atomic E-state index is 0.0150. The molecule has 5 nitrogen and oxygen atoms in total. The van der Waals surface area contributed by atoms with E-state index in [-0.39, 0.29) is 28.7 Å². The molecule has 0 aliphatic heterocycles. The molecule has 0 aliphatic rings. The third-order valence-electron chi connectivity index (χ3n) is 5.96. The summed E-state index contributed by atoms with van der Waals surface area (Å²) in [4.78, 5) is 0. The van der Waals surface area contributed by atoms with Crippen molar-refractivity contribution in [3.63, 3.8) is 0 Å². The number of hydrogen-bond acceptors (Lipinski definition) is 5. The zero-order valence-corrected chi connectivity index (χ0v) is 17.9. The zero-order valence-electron chi connectivity index (χ0n) is 17.9. The van der Waals surface area contributed by atoms with Crippen molar-refractivity contribution in [2.24, 2.45) is 0 Å². The number of aromatic hydroxyl groups is 4. The van der Waals surface area contributed by atoms with Crippen LogP contribution in [0.2, 0.25) is 0 Å². The van der Waals surface area contributed by atoms with Crippen molar-refractivity contribution in [1.82, 2.24) is 0 Å². The Balaban J connectivity index is 2.25. The van der Waals surface area contributed by atoms with E-state index in [0.29, 0.717) is 11.1 Å². The molecule has 4 N–H and O–H groups in total. The van der Waals surface area contributed by atoms with E-state index in [1.807, 2.05) is 27.7 Å². The van der Waals surface area contributed by atoms with E-state index >= 15 is 0 Å². The van der Waals surface area contributed by atoms with Crippen molar-refractivity contribution < 1.29 is 25.2 Å². The number of rotatable bonds is 5. The van der Waals surface area contributed by atoms with Crippen LogP contribution in [0.3, 0.4) is 0 Å². The molecule has 0 aromatic heterocycles. The first-order chi connectivity index (χ1) is 14.0. The summed E-state index contributed by atoms with van der Waals surface area (Å²) in [5.74, 6) is 0.0882. The molecule has 0 saturated carbocycles. The summed E-state index contributed by atoms with van der Waals surface area (Å²) < 4.78 is 5.38. The highest BCUT2D eigenvalue weighted by Gasteiger charge is 2.35. The van der Waals surface area contributed by atoms with Crippen molar-refractivity contribution >= 4 is 0 Å². The fraction of sp³-hybridized carbons (Fsp3) is 0.280. The third-order valence-corrected chi connectivity index (χ3v) is 5.96. The van der Waals surface area contributed by atoms with Gasteiger partial charge in [-0.1, -0.05) is 52.0 Å². The maximum absolute atomic E-state index is 11.0. The number of phenols is 4. The molecule has 0 spiro atoms. The number of ether oxygens (including phenoxy) is 1. The molecule has 0 saturated heterocycles. The second-order valence-electron chi connectivity index (χ2n) is 8.55. The minimum Gasteiger partial charge on any atom is -0.508 e. The Labute approximate surface area is 176 Å². The molecule has 3 aromatic rings. The van der Waals surface area contributed by atoms with Crippen LogP contribution in [0.1, 0.15) is 49.9 Å². The van der Waals surface area contributed by atoms with Gasteiger partial charge >= 0.3 is 0 Å². The summed E-state index contributed by atoms with van der Waals surface area (Å²) in [5, 5.41) is 41.2. The van der Waals surface area contributed by atoms with Crippen LogP contribution >= 0.6 is 0 Å². The molecule has 0 unspecified atom stereocenters. The number of hydrogen-bond donors (Lipinski definition) is 4. The molecule has 30 heavy (non-hydrogen) atoms. The lowest BCUT2D eigenvalue weighted by molar-refractivity contribution is 0.333. The molecule has 0 aliphatic carbocycles. The highest BCUT2D eigenvalue weighted by molar-refractivity contribution is 5.64. The van der Waals surface area contributed by atoms with Crippen molar-refractivity contribution in [2.75, 3.05) is 7.11 Å². The largest absolute Gasteiger partial charge is 0.508 e. The Bertz CT molecular complexity index is 967. The van der Waals surface area contributed by atoms with Gasteiger partial charge in [-0.15, -0.1) is 0 Å². The lowest BCUT2D eigenvalue weighted by Gasteiger charge is -2.33. The fourth-order valence-corrected chi connectivity index (χ4v) is 3.85. The van der Waals surface area contributed by atoms with Crippen molar-refractivity contribution in [3.8, 4) is 28.7 Å². The van der Waals surface area contributed by atoms with Gasteiger partial charge in [0.25, 0.3) is 0 Å². The van der Waals surface area contributed by atoms with Gasteiger partial charge in [-0.25, -0.2) is 0 Å². The van der Waals surface area contributed by atoms with Gasteiger partial charge in [0.1, 0.15) is 11.5 Å². The van der Waals surface area contributed by atoms with Crippen LogP contribution in [-0.2, 0) is 10.8 Å². The minimum atomic E-state index is -0.640. The predicted molar refractivity (Wildman–Crippen MR) is 117 cm³/mol. The van der Waals surface area contributed by atoms with Gasteiger partial charge in [-0.3, -0.25) is 0 Å². The van der Waals surface area contributed by atoms with Gasteiger partial charge in [-0.05, 0) is 41.5 Å². The van der Waals surface area contributed by atoms with Crippen molar-refractivity contribution in [2.45, 2.75) is 38.5 Å². The Morgan fingerprint density at radius 3 is 1.23 bits per heavy atom. The quantitative estimate of drug-likeness (QED) is 0.468. The standard InChI is InChI=1S/C25H28O5/c1-24(2,15-6-10-17(26)11-7-15)19-14-20(22(29)23(30-5)21(19)28)25(3,4)16-8-12-18(27)13-9-16/h6-14,26-29H,1-5H3. The number of benzene rings is 3. The van der Waals surface area contributed by atoms with Gasteiger partial charge in [0, 0.05) is 22.0 Å². The number of methoxy groups -OCH3 is 1. The van der Waals surface area contributed by atoms with Crippen LogP contribution < -0.4 is 4.74 Å². The normalized spacial score (nSPS) is 12.0. The Kier molecular flexibility index (Phi) is 5.33. The van der Waals surface area contributed by atoms with Gasteiger partial charge in [0.05, 0.1) is 7.11 Å². The maximum atomic E-state index is 11.0. The first-order valence-corrected chi connectivity index (χ1v) is 9.73.